The van der Waals surface area contributed by atoms with E-state index in [4.69, 9.17) is 14.2 Å². The summed E-state index contributed by atoms with van der Waals surface area (Å²) in [5.74, 6) is 1.83. The summed E-state index contributed by atoms with van der Waals surface area (Å²) < 4.78 is 18.3. The molecule has 0 aliphatic carbocycles. The Kier molecular flexibility index (Phi) is 7.79. The summed E-state index contributed by atoms with van der Waals surface area (Å²) in [6.45, 7) is 4.80. The average molecular weight is 429 g/mol. The topological polar surface area (TPSA) is 65.7 Å². The molecule has 0 saturated carbocycles. The third-order valence-electron chi connectivity index (χ3n) is 4.52. The molecule has 160 valence electrons. The Morgan fingerprint density at radius 1 is 1.03 bits per heavy atom. The zero-order valence-corrected chi connectivity index (χ0v) is 18.6. The molecule has 1 N–H and O–H groups in total. The molecule has 1 unspecified atom stereocenters. The molecular weight excluding hydrogens is 400 g/mol. The number of aryl methyl sites for hydroxylation is 2. The Bertz CT molecular complexity index is 953. The molecule has 0 aliphatic rings. The van der Waals surface area contributed by atoms with Crippen molar-refractivity contribution in [3.63, 3.8) is 0 Å². The van der Waals surface area contributed by atoms with Crippen molar-refractivity contribution in [3.05, 3.63) is 65.5 Å². The molecule has 2 aromatic carbocycles. The lowest BCUT2D eigenvalue weighted by Gasteiger charge is -2.13. The number of rotatable bonds is 10. The van der Waals surface area contributed by atoms with Gasteiger partial charge in [-0.1, -0.05) is 23.9 Å². The molecule has 0 aliphatic heterocycles. The smallest absolute Gasteiger partial charge is 0.172 e. The van der Waals surface area contributed by atoms with Gasteiger partial charge < -0.3 is 19.3 Å². The van der Waals surface area contributed by atoms with Crippen LogP contribution >= 0.6 is 11.8 Å². The van der Waals surface area contributed by atoms with Crippen molar-refractivity contribution in [2.24, 2.45) is 0 Å². The number of ether oxygens (including phenoxy) is 3. The van der Waals surface area contributed by atoms with Crippen LogP contribution in [0, 0.1) is 13.8 Å². The van der Waals surface area contributed by atoms with Crippen molar-refractivity contribution in [3.8, 4) is 17.2 Å². The van der Waals surface area contributed by atoms with Crippen LogP contribution in [-0.4, -0.2) is 47.3 Å². The van der Waals surface area contributed by atoms with Crippen molar-refractivity contribution in [2.75, 3.05) is 26.6 Å². The van der Waals surface area contributed by atoms with E-state index in [0.29, 0.717) is 23.9 Å². The van der Waals surface area contributed by atoms with Gasteiger partial charge in [-0.2, -0.15) is 0 Å². The number of methoxy groups -OCH3 is 2. The number of aromatic nitrogens is 2. The molecule has 0 radical (unpaired) electrons. The number of hydrogen-bond acceptors (Lipinski definition) is 6. The summed E-state index contributed by atoms with van der Waals surface area (Å²) in [7, 11) is 3.21. The number of thioether (sulfide) groups is 1. The van der Waals surface area contributed by atoms with Crippen LogP contribution < -0.4 is 9.47 Å². The second-order valence-corrected chi connectivity index (χ2v) is 8.08. The molecule has 0 bridgehead atoms. The van der Waals surface area contributed by atoms with E-state index >= 15 is 0 Å². The van der Waals surface area contributed by atoms with Crippen molar-refractivity contribution < 1.29 is 19.3 Å². The lowest BCUT2D eigenvalue weighted by Crippen LogP contribution is -2.18. The van der Waals surface area contributed by atoms with Crippen LogP contribution in [0.25, 0.3) is 5.69 Å². The van der Waals surface area contributed by atoms with Crippen LogP contribution in [-0.2, 0) is 11.3 Å². The van der Waals surface area contributed by atoms with Gasteiger partial charge in [0.15, 0.2) is 16.7 Å². The molecule has 0 spiro atoms. The van der Waals surface area contributed by atoms with Gasteiger partial charge in [-0.15, -0.1) is 0 Å². The number of imidazole rings is 1. The largest absolute Gasteiger partial charge is 0.493 e. The standard InChI is InChI=1S/C23H28N2O4S/c1-16-9-17(2)11-19(10-16)25-8-7-24-23(25)30-15-20(26)14-29-13-18-5-6-21(27-3)22(12-18)28-4/h5-12,20,26H,13-15H2,1-4H3. The van der Waals surface area contributed by atoms with Crippen molar-refractivity contribution >= 4 is 11.8 Å². The maximum Gasteiger partial charge on any atom is 0.172 e. The van der Waals surface area contributed by atoms with E-state index in [1.807, 2.05) is 29.0 Å². The monoisotopic (exact) mass is 428 g/mol. The first kappa shape index (κ1) is 22.2. The van der Waals surface area contributed by atoms with E-state index in [2.05, 4.69) is 37.0 Å². The van der Waals surface area contributed by atoms with Gasteiger partial charge in [0.2, 0.25) is 0 Å². The van der Waals surface area contributed by atoms with E-state index in [-0.39, 0.29) is 6.61 Å². The Labute approximate surface area is 181 Å². The molecule has 1 atom stereocenters. The Hall–Kier alpha value is -2.48. The molecule has 3 rings (SSSR count). The third-order valence-corrected chi connectivity index (χ3v) is 5.63. The first-order valence-electron chi connectivity index (χ1n) is 9.71. The molecule has 7 heteroatoms. The maximum atomic E-state index is 10.3. The van der Waals surface area contributed by atoms with Crippen LogP contribution in [0.15, 0.2) is 53.9 Å². The molecule has 1 heterocycles. The number of aliphatic hydroxyl groups is 1. The van der Waals surface area contributed by atoms with Crippen molar-refractivity contribution in [2.45, 2.75) is 31.7 Å². The normalized spacial score (nSPS) is 12.0. The fraction of sp³-hybridized carbons (Fsp3) is 0.348. The van der Waals surface area contributed by atoms with E-state index in [1.54, 1.807) is 20.4 Å². The minimum absolute atomic E-state index is 0.242. The molecular formula is C23H28N2O4S. The second kappa shape index (κ2) is 10.5. The highest BCUT2D eigenvalue weighted by atomic mass is 32.2. The lowest BCUT2D eigenvalue weighted by molar-refractivity contribution is 0.0397. The molecule has 0 saturated heterocycles. The summed E-state index contributed by atoms with van der Waals surface area (Å²) in [5, 5.41) is 11.2. The van der Waals surface area contributed by atoms with Crippen LogP contribution in [0.2, 0.25) is 0 Å². The summed E-state index contributed by atoms with van der Waals surface area (Å²) in [4.78, 5) is 4.44. The highest BCUT2D eigenvalue weighted by Gasteiger charge is 2.12. The highest BCUT2D eigenvalue weighted by molar-refractivity contribution is 7.99. The van der Waals surface area contributed by atoms with Gasteiger partial charge in [-0.05, 0) is 54.8 Å². The Morgan fingerprint density at radius 3 is 2.47 bits per heavy atom. The summed E-state index contributed by atoms with van der Waals surface area (Å²) in [6.07, 6.45) is 3.12. The fourth-order valence-corrected chi connectivity index (χ4v) is 4.06. The van der Waals surface area contributed by atoms with Gasteiger partial charge in [0.25, 0.3) is 0 Å². The van der Waals surface area contributed by atoms with Crippen LogP contribution in [0.4, 0.5) is 0 Å². The van der Waals surface area contributed by atoms with Crippen LogP contribution in [0.5, 0.6) is 11.5 Å². The van der Waals surface area contributed by atoms with E-state index in [0.717, 1.165) is 16.4 Å². The predicted molar refractivity (Wildman–Crippen MR) is 119 cm³/mol. The van der Waals surface area contributed by atoms with Gasteiger partial charge in [0, 0.05) is 23.8 Å². The second-order valence-electron chi connectivity index (χ2n) is 7.10. The third kappa shape index (κ3) is 5.78. The first-order valence-corrected chi connectivity index (χ1v) is 10.7. The molecule has 3 aromatic rings. The van der Waals surface area contributed by atoms with Crippen molar-refractivity contribution in [1.82, 2.24) is 9.55 Å². The molecule has 6 nitrogen and oxygen atoms in total. The zero-order chi connectivity index (χ0) is 21.5. The average Bonchev–Trinajstić information content (AvgIpc) is 3.20. The minimum Gasteiger partial charge on any atom is -0.493 e. The molecule has 0 fully saturated rings. The summed E-state index contributed by atoms with van der Waals surface area (Å²) in [6, 6.07) is 12.0. The molecule has 1 aromatic heterocycles. The Morgan fingerprint density at radius 2 is 1.77 bits per heavy atom. The predicted octanol–water partition coefficient (Wildman–Crippen LogP) is 4.18. The van der Waals surface area contributed by atoms with E-state index < -0.39 is 6.10 Å². The summed E-state index contributed by atoms with van der Waals surface area (Å²) >= 11 is 1.51. The highest BCUT2D eigenvalue weighted by Crippen LogP contribution is 2.28. The molecule has 30 heavy (non-hydrogen) atoms. The first-order chi connectivity index (χ1) is 14.5. The van der Waals surface area contributed by atoms with Gasteiger partial charge in [0.1, 0.15) is 0 Å². The number of hydrogen-bond donors (Lipinski definition) is 1. The van der Waals surface area contributed by atoms with Crippen LogP contribution in [0.3, 0.4) is 0 Å². The van der Waals surface area contributed by atoms with E-state index in [1.165, 1.54) is 22.9 Å². The van der Waals surface area contributed by atoms with Gasteiger partial charge in [-0.3, -0.25) is 4.57 Å². The number of aliphatic hydroxyl groups excluding tert-OH is 1. The number of nitrogens with zero attached hydrogens (tertiary/aromatic N) is 2. The van der Waals surface area contributed by atoms with Gasteiger partial charge in [-0.25, -0.2) is 4.98 Å². The van der Waals surface area contributed by atoms with Gasteiger partial charge >= 0.3 is 0 Å². The SMILES string of the molecule is COc1ccc(COCC(O)CSc2nccn2-c2cc(C)cc(C)c2)cc1OC. The fourth-order valence-electron chi connectivity index (χ4n) is 3.18. The Balaban J connectivity index is 1.51. The quantitative estimate of drug-likeness (QED) is 0.489. The van der Waals surface area contributed by atoms with Crippen LogP contribution in [0.1, 0.15) is 16.7 Å². The van der Waals surface area contributed by atoms with Crippen molar-refractivity contribution in [1.29, 1.82) is 0 Å². The van der Waals surface area contributed by atoms with E-state index in [9.17, 15) is 5.11 Å². The summed E-state index contributed by atoms with van der Waals surface area (Å²) in [5.41, 5.74) is 4.45. The number of benzene rings is 2. The minimum atomic E-state index is -0.598. The lowest BCUT2D eigenvalue weighted by atomic mass is 10.1. The zero-order valence-electron chi connectivity index (χ0n) is 17.8. The van der Waals surface area contributed by atoms with Gasteiger partial charge in [0.05, 0.1) is 33.5 Å². The molecule has 0 amide bonds. The maximum absolute atomic E-state index is 10.3.